The second-order valence-electron chi connectivity index (χ2n) is 6.72. The summed E-state index contributed by atoms with van der Waals surface area (Å²) in [5.74, 6) is 0.892. The predicted octanol–water partition coefficient (Wildman–Crippen LogP) is 4.67. The van der Waals surface area contributed by atoms with Gasteiger partial charge in [0.25, 0.3) is 5.91 Å². The average molecular weight is 368 g/mol. The molecular formula is C22H28N2O3. The standard InChI is InChI=1S/C22H28N2O3/c1-4-7-16(2)15-27-19-11-9-18(10-12-19)20(14-25)22(26)24-17(3)21-8-5-6-13-23-21/h5-6,8-14,16-17,25H,4,7,15H2,1-3H3,(H,24,26). The molecule has 0 aliphatic rings. The smallest absolute Gasteiger partial charge is 0.255 e. The van der Waals surface area contributed by atoms with Crippen LogP contribution in [0.25, 0.3) is 5.57 Å². The molecule has 0 radical (unpaired) electrons. The summed E-state index contributed by atoms with van der Waals surface area (Å²) >= 11 is 0. The number of ether oxygens (including phenoxy) is 1. The molecule has 0 fully saturated rings. The first-order valence-corrected chi connectivity index (χ1v) is 9.34. The van der Waals surface area contributed by atoms with Gasteiger partial charge in [-0.15, -0.1) is 0 Å². The normalized spacial score (nSPS) is 13.7. The van der Waals surface area contributed by atoms with E-state index in [0.29, 0.717) is 18.1 Å². The summed E-state index contributed by atoms with van der Waals surface area (Å²) in [6, 6.07) is 12.4. The van der Waals surface area contributed by atoms with Crippen molar-refractivity contribution in [2.75, 3.05) is 6.61 Å². The van der Waals surface area contributed by atoms with Gasteiger partial charge in [-0.3, -0.25) is 9.78 Å². The Balaban J connectivity index is 1.99. The molecule has 2 unspecified atom stereocenters. The van der Waals surface area contributed by atoms with Gasteiger partial charge in [-0.2, -0.15) is 0 Å². The first-order valence-electron chi connectivity index (χ1n) is 9.34. The zero-order valence-electron chi connectivity index (χ0n) is 16.2. The fourth-order valence-electron chi connectivity index (χ4n) is 2.79. The quantitative estimate of drug-likeness (QED) is 0.498. The summed E-state index contributed by atoms with van der Waals surface area (Å²) < 4.78 is 5.78. The van der Waals surface area contributed by atoms with Crippen LogP contribution in [0.2, 0.25) is 0 Å². The van der Waals surface area contributed by atoms with E-state index in [0.717, 1.165) is 30.5 Å². The van der Waals surface area contributed by atoms with Crippen molar-refractivity contribution in [3.05, 3.63) is 66.2 Å². The molecule has 0 aliphatic carbocycles. The first-order chi connectivity index (χ1) is 13.0. The Kier molecular flexibility index (Phi) is 7.86. The summed E-state index contributed by atoms with van der Waals surface area (Å²) in [4.78, 5) is 16.8. The van der Waals surface area contributed by atoms with Crippen LogP contribution in [0.4, 0.5) is 0 Å². The minimum absolute atomic E-state index is 0.198. The fraction of sp³-hybridized carbons (Fsp3) is 0.364. The number of hydrogen-bond donors (Lipinski definition) is 2. The molecule has 0 saturated carbocycles. The van der Waals surface area contributed by atoms with Gasteiger partial charge in [-0.05, 0) is 49.1 Å². The van der Waals surface area contributed by atoms with Gasteiger partial charge < -0.3 is 15.2 Å². The zero-order valence-corrected chi connectivity index (χ0v) is 16.2. The molecule has 0 spiro atoms. The van der Waals surface area contributed by atoms with Gasteiger partial charge in [0.15, 0.2) is 0 Å². The number of pyridine rings is 1. The fourth-order valence-corrected chi connectivity index (χ4v) is 2.79. The number of nitrogens with one attached hydrogen (secondary N) is 1. The lowest BCUT2D eigenvalue weighted by Crippen LogP contribution is -2.28. The lowest BCUT2D eigenvalue weighted by molar-refractivity contribution is -0.116. The van der Waals surface area contributed by atoms with Gasteiger partial charge >= 0.3 is 0 Å². The van der Waals surface area contributed by atoms with Crippen molar-refractivity contribution < 1.29 is 14.6 Å². The van der Waals surface area contributed by atoms with Crippen molar-refractivity contribution in [3.8, 4) is 5.75 Å². The minimum Gasteiger partial charge on any atom is -0.515 e. The second-order valence-corrected chi connectivity index (χ2v) is 6.72. The third kappa shape index (κ3) is 6.13. The number of hydrogen-bond acceptors (Lipinski definition) is 4. The monoisotopic (exact) mass is 368 g/mol. The molecule has 0 aliphatic heterocycles. The van der Waals surface area contributed by atoms with Crippen LogP contribution in [0.5, 0.6) is 5.75 Å². The molecule has 144 valence electrons. The van der Waals surface area contributed by atoms with Gasteiger partial charge in [0.05, 0.1) is 30.2 Å². The number of benzene rings is 1. The van der Waals surface area contributed by atoms with Crippen molar-refractivity contribution in [3.63, 3.8) is 0 Å². The Labute approximate surface area is 161 Å². The number of aromatic nitrogens is 1. The number of aliphatic hydroxyl groups excluding tert-OH is 1. The van der Waals surface area contributed by atoms with E-state index in [1.54, 1.807) is 18.3 Å². The maximum Gasteiger partial charge on any atom is 0.255 e. The van der Waals surface area contributed by atoms with Crippen LogP contribution < -0.4 is 10.1 Å². The number of rotatable bonds is 9. The highest BCUT2D eigenvalue weighted by molar-refractivity contribution is 6.19. The molecular weight excluding hydrogens is 340 g/mol. The van der Waals surface area contributed by atoms with E-state index >= 15 is 0 Å². The average Bonchev–Trinajstić information content (AvgIpc) is 2.69. The highest BCUT2D eigenvalue weighted by atomic mass is 16.5. The third-order valence-electron chi connectivity index (χ3n) is 4.33. The molecule has 2 atom stereocenters. The van der Waals surface area contributed by atoms with Crippen LogP contribution in [-0.4, -0.2) is 22.6 Å². The number of aliphatic hydroxyl groups is 1. The molecule has 2 N–H and O–H groups in total. The Hall–Kier alpha value is -2.82. The molecule has 2 rings (SSSR count). The molecule has 5 nitrogen and oxygen atoms in total. The van der Waals surface area contributed by atoms with E-state index in [1.165, 1.54) is 0 Å². The van der Waals surface area contributed by atoms with Crippen molar-refractivity contribution in [1.82, 2.24) is 10.3 Å². The van der Waals surface area contributed by atoms with Crippen molar-refractivity contribution in [2.45, 2.75) is 39.7 Å². The summed E-state index contributed by atoms with van der Waals surface area (Å²) in [7, 11) is 0. The van der Waals surface area contributed by atoms with E-state index in [9.17, 15) is 9.90 Å². The third-order valence-corrected chi connectivity index (χ3v) is 4.33. The number of amides is 1. The van der Waals surface area contributed by atoms with Crippen LogP contribution in [0.1, 0.15) is 50.9 Å². The summed E-state index contributed by atoms with van der Waals surface area (Å²) in [5, 5.41) is 12.4. The Bertz CT molecular complexity index is 742. The molecule has 1 amide bonds. The molecule has 0 bridgehead atoms. The van der Waals surface area contributed by atoms with Crippen molar-refractivity contribution >= 4 is 11.5 Å². The molecule has 2 aromatic rings. The molecule has 27 heavy (non-hydrogen) atoms. The Morgan fingerprint density at radius 3 is 2.56 bits per heavy atom. The number of carbonyl (C=O) groups excluding carboxylic acids is 1. The largest absolute Gasteiger partial charge is 0.515 e. The van der Waals surface area contributed by atoms with Gasteiger partial charge in [-0.25, -0.2) is 0 Å². The first kappa shape index (κ1) is 20.5. The maximum atomic E-state index is 12.5. The number of carbonyl (C=O) groups is 1. The Morgan fingerprint density at radius 1 is 1.22 bits per heavy atom. The lowest BCUT2D eigenvalue weighted by atomic mass is 10.1. The summed E-state index contributed by atoms with van der Waals surface area (Å²) in [6.45, 7) is 6.84. The van der Waals surface area contributed by atoms with Crippen molar-refractivity contribution in [1.29, 1.82) is 0 Å². The summed E-state index contributed by atoms with van der Waals surface area (Å²) in [5.41, 5.74) is 1.58. The topological polar surface area (TPSA) is 71.5 Å². The second kappa shape index (κ2) is 10.4. The zero-order chi connectivity index (χ0) is 19.6. The van der Waals surface area contributed by atoms with Gasteiger partial charge in [-0.1, -0.05) is 38.5 Å². The highest BCUT2D eigenvalue weighted by Gasteiger charge is 2.16. The van der Waals surface area contributed by atoms with Crippen LogP contribution >= 0.6 is 0 Å². The van der Waals surface area contributed by atoms with Crippen LogP contribution in [0.15, 0.2) is 54.9 Å². The predicted molar refractivity (Wildman–Crippen MR) is 107 cm³/mol. The van der Waals surface area contributed by atoms with Crippen LogP contribution in [0.3, 0.4) is 0 Å². The maximum absolute atomic E-state index is 12.5. The van der Waals surface area contributed by atoms with Crippen LogP contribution in [0, 0.1) is 5.92 Å². The number of nitrogens with zero attached hydrogens (tertiary/aromatic N) is 1. The SMILES string of the molecule is CCCC(C)COc1ccc(C(=CO)C(=O)NC(C)c2ccccn2)cc1. The molecule has 1 aromatic carbocycles. The molecule has 5 heteroatoms. The lowest BCUT2D eigenvalue weighted by Gasteiger charge is -2.15. The van der Waals surface area contributed by atoms with Gasteiger partial charge in [0.1, 0.15) is 5.75 Å². The van der Waals surface area contributed by atoms with E-state index in [2.05, 4.69) is 24.1 Å². The van der Waals surface area contributed by atoms with Crippen molar-refractivity contribution in [2.24, 2.45) is 5.92 Å². The van der Waals surface area contributed by atoms with E-state index in [-0.39, 0.29) is 17.5 Å². The molecule has 1 heterocycles. The van der Waals surface area contributed by atoms with Gasteiger partial charge in [0, 0.05) is 6.20 Å². The van der Waals surface area contributed by atoms with E-state index in [4.69, 9.17) is 4.74 Å². The van der Waals surface area contributed by atoms with Crippen LogP contribution in [-0.2, 0) is 4.79 Å². The minimum atomic E-state index is -0.360. The Morgan fingerprint density at radius 2 is 1.96 bits per heavy atom. The van der Waals surface area contributed by atoms with E-state index < -0.39 is 0 Å². The molecule has 1 aromatic heterocycles. The summed E-state index contributed by atoms with van der Waals surface area (Å²) in [6.07, 6.45) is 4.78. The molecule has 0 saturated heterocycles. The highest BCUT2D eigenvalue weighted by Crippen LogP contribution is 2.21. The van der Waals surface area contributed by atoms with E-state index in [1.807, 2.05) is 37.3 Å². The van der Waals surface area contributed by atoms with Gasteiger partial charge in [0.2, 0.25) is 0 Å².